The predicted molar refractivity (Wildman–Crippen MR) is 63.2 cm³/mol. The van der Waals surface area contributed by atoms with Crippen LogP contribution in [0.1, 0.15) is 58.8 Å². The first-order valence-electron chi connectivity index (χ1n) is 6.17. The second kappa shape index (κ2) is 6.23. The Kier molecular flexibility index (Phi) is 5.24. The van der Waals surface area contributed by atoms with Crippen LogP contribution >= 0.6 is 0 Å². The van der Waals surface area contributed by atoms with Crippen molar-refractivity contribution in [1.82, 2.24) is 0 Å². The van der Waals surface area contributed by atoms with Crippen molar-refractivity contribution in [1.29, 1.82) is 0 Å². The van der Waals surface area contributed by atoms with Gasteiger partial charge < -0.3 is 5.73 Å². The zero-order valence-corrected chi connectivity index (χ0v) is 9.76. The first-order valence-corrected chi connectivity index (χ1v) is 6.17. The third-order valence-corrected chi connectivity index (χ3v) is 3.36. The molecule has 0 saturated carbocycles. The summed E-state index contributed by atoms with van der Waals surface area (Å²) in [5.74, 6) is 0.759. The van der Waals surface area contributed by atoms with Gasteiger partial charge in [0.15, 0.2) is 0 Å². The predicted octanol–water partition coefficient (Wildman–Crippen LogP) is 3.64. The smallest absolute Gasteiger partial charge is 0.00388 e. The molecule has 0 aliphatic heterocycles. The van der Waals surface area contributed by atoms with Crippen LogP contribution in [0.25, 0.3) is 0 Å². The van der Waals surface area contributed by atoms with Crippen LogP contribution in [-0.2, 0) is 0 Å². The molecule has 0 radical (unpaired) electrons. The van der Waals surface area contributed by atoms with E-state index in [1.165, 1.54) is 44.9 Å². The highest BCUT2D eigenvalue weighted by atomic mass is 14.6. The van der Waals surface area contributed by atoms with Crippen LogP contribution in [0, 0.1) is 5.92 Å². The van der Waals surface area contributed by atoms with E-state index >= 15 is 0 Å². The highest BCUT2D eigenvalue weighted by Gasteiger charge is 2.14. The Morgan fingerprint density at radius 1 is 1.50 bits per heavy atom. The summed E-state index contributed by atoms with van der Waals surface area (Å²) >= 11 is 0. The monoisotopic (exact) mass is 195 g/mol. The Morgan fingerprint density at radius 3 is 2.93 bits per heavy atom. The van der Waals surface area contributed by atoms with E-state index in [-0.39, 0.29) is 0 Å². The number of rotatable bonds is 3. The summed E-state index contributed by atoms with van der Waals surface area (Å²) in [5, 5.41) is 0. The van der Waals surface area contributed by atoms with Gasteiger partial charge in [0.2, 0.25) is 0 Å². The highest BCUT2D eigenvalue weighted by Crippen LogP contribution is 2.25. The van der Waals surface area contributed by atoms with Crippen molar-refractivity contribution in [3.63, 3.8) is 0 Å². The summed E-state index contributed by atoms with van der Waals surface area (Å²) in [7, 11) is 0. The van der Waals surface area contributed by atoms with E-state index in [0.29, 0.717) is 6.04 Å². The Bertz CT molecular complexity index is 182. The highest BCUT2D eigenvalue weighted by molar-refractivity contribution is 5.03. The van der Waals surface area contributed by atoms with E-state index in [2.05, 4.69) is 19.9 Å². The van der Waals surface area contributed by atoms with E-state index in [0.717, 1.165) is 5.92 Å². The molecule has 0 saturated heterocycles. The van der Waals surface area contributed by atoms with E-state index in [9.17, 15) is 0 Å². The van der Waals surface area contributed by atoms with Crippen LogP contribution in [0.4, 0.5) is 0 Å². The molecule has 1 nitrogen and oxygen atoms in total. The quantitative estimate of drug-likeness (QED) is 0.684. The maximum atomic E-state index is 5.96. The molecule has 1 heteroatoms. The van der Waals surface area contributed by atoms with Gasteiger partial charge in [-0.05, 0) is 51.4 Å². The van der Waals surface area contributed by atoms with Gasteiger partial charge in [-0.25, -0.2) is 0 Å². The van der Waals surface area contributed by atoms with Gasteiger partial charge in [-0.15, -0.1) is 0 Å². The first kappa shape index (κ1) is 11.8. The van der Waals surface area contributed by atoms with Gasteiger partial charge in [0.05, 0.1) is 0 Å². The first-order chi connectivity index (χ1) is 6.74. The minimum atomic E-state index is 0.385. The SMILES string of the molecule is CCCC1=CCCC(C(C)N)CCC1. The normalized spacial score (nSPS) is 26.2. The lowest BCUT2D eigenvalue weighted by Crippen LogP contribution is -2.26. The molecule has 2 unspecified atom stereocenters. The van der Waals surface area contributed by atoms with Crippen molar-refractivity contribution in [2.24, 2.45) is 11.7 Å². The van der Waals surface area contributed by atoms with E-state index in [1.54, 1.807) is 5.57 Å². The molecule has 0 aromatic heterocycles. The van der Waals surface area contributed by atoms with Gasteiger partial charge in [-0.2, -0.15) is 0 Å². The number of hydrogen-bond donors (Lipinski definition) is 1. The van der Waals surface area contributed by atoms with Crippen LogP contribution in [0.15, 0.2) is 11.6 Å². The average Bonchev–Trinajstić information content (AvgIpc) is 2.08. The second-order valence-electron chi connectivity index (χ2n) is 4.70. The molecule has 1 aliphatic rings. The number of nitrogens with two attached hydrogens (primary N) is 1. The Hall–Kier alpha value is -0.300. The standard InChI is InChI=1S/C13H25N/c1-3-6-12-7-4-9-13(11(2)14)10-5-8-12/h7,11,13H,3-6,8-10,14H2,1-2H3. The summed E-state index contributed by atoms with van der Waals surface area (Å²) in [6, 6.07) is 0.385. The van der Waals surface area contributed by atoms with Gasteiger partial charge in [-0.1, -0.05) is 25.0 Å². The van der Waals surface area contributed by atoms with Crippen LogP contribution in [0.5, 0.6) is 0 Å². The maximum absolute atomic E-state index is 5.96. The van der Waals surface area contributed by atoms with E-state index in [1.807, 2.05) is 0 Å². The molecule has 1 aliphatic carbocycles. The molecule has 0 spiro atoms. The van der Waals surface area contributed by atoms with Crippen LogP contribution in [-0.4, -0.2) is 6.04 Å². The molecule has 0 aromatic rings. The van der Waals surface area contributed by atoms with E-state index in [4.69, 9.17) is 5.73 Å². The molecule has 0 amide bonds. The summed E-state index contributed by atoms with van der Waals surface area (Å²) in [4.78, 5) is 0. The molecule has 0 bridgehead atoms. The summed E-state index contributed by atoms with van der Waals surface area (Å²) in [6.07, 6.45) is 11.6. The van der Waals surface area contributed by atoms with Crippen LogP contribution < -0.4 is 5.73 Å². The summed E-state index contributed by atoms with van der Waals surface area (Å²) in [5.41, 5.74) is 7.65. The van der Waals surface area contributed by atoms with Gasteiger partial charge in [-0.3, -0.25) is 0 Å². The van der Waals surface area contributed by atoms with Crippen molar-refractivity contribution in [3.05, 3.63) is 11.6 Å². The molecule has 14 heavy (non-hydrogen) atoms. The van der Waals surface area contributed by atoms with Crippen LogP contribution in [0.3, 0.4) is 0 Å². The molecule has 1 rings (SSSR count). The lowest BCUT2D eigenvalue weighted by atomic mass is 9.86. The van der Waals surface area contributed by atoms with Gasteiger partial charge >= 0.3 is 0 Å². The molecular weight excluding hydrogens is 170 g/mol. The minimum absolute atomic E-state index is 0.385. The number of hydrogen-bond acceptors (Lipinski definition) is 1. The fourth-order valence-corrected chi connectivity index (χ4v) is 2.41. The molecule has 2 atom stereocenters. The Balaban J connectivity index is 2.41. The van der Waals surface area contributed by atoms with Crippen molar-refractivity contribution in [2.45, 2.75) is 64.8 Å². The summed E-state index contributed by atoms with van der Waals surface area (Å²) < 4.78 is 0. The molecule has 0 fully saturated rings. The molecule has 0 aromatic carbocycles. The van der Waals surface area contributed by atoms with Crippen molar-refractivity contribution in [2.75, 3.05) is 0 Å². The van der Waals surface area contributed by atoms with Crippen molar-refractivity contribution >= 4 is 0 Å². The molecule has 82 valence electrons. The fraction of sp³-hybridized carbons (Fsp3) is 0.846. The van der Waals surface area contributed by atoms with Crippen molar-refractivity contribution in [3.8, 4) is 0 Å². The second-order valence-corrected chi connectivity index (χ2v) is 4.70. The van der Waals surface area contributed by atoms with Gasteiger partial charge in [0.25, 0.3) is 0 Å². The zero-order chi connectivity index (χ0) is 10.4. The zero-order valence-electron chi connectivity index (χ0n) is 9.76. The van der Waals surface area contributed by atoms with E-state index < -0.39 is 0 Å². The van der Waals surface area contributed by atoms with Gasteiger partial charge in [0.1, 0.15) is 0 Å². The lowest BCUT2D eigenvalue weighted by Gasteiger charge is -2.22. The molecular formula is C13H25N. The maximum Gasteiger partial charge on any atom is 0.00388 e. The Morgan fingerprint density at radius 2 is 2.29 bits per heavy atom. The lowest BCUT2D eigenvalue weighted by molar-refractivity contribution is 0.372. The Labute approximate surface area is 88.8 Å². The summed E-state index contributed by atoms with van der Waals surface area (Å²) in [6.45, 7) is 4.42. The average molecular weight is 195 g/mol. The van der Waals surface area contributed by atoms with Crippen molar-refractivity contribution < 1.29 is 0 Å². The molecule has 2 N–H and O–H groups in total. The number of allylic oxidation sites excluding steroid dienone is 2. The third-order valence-electron chi connectivity index (χ3n) is 3.36. The largest absolute Gasteiger partial charge is 0.328 e. The fourth-order valence-electron chi connectivity index (χ4n) is 2.41. The van der Waals surface area contributed by atoms with Gasteiger partial charge in [0, 0.05) is 6.04 Å². The topological polar surface area (TPSA) is 26.0 Å². The molecule has 0 heterocycles. The third kappa shape index (κ3) is 3.83. The van der Waals surface area contributed by atoms with Crippen LogP contribution in [0.2, 0.25) is 0 Å². The minimum Gasteiger partial charge on any atom is -0.328 e.